The molecular formula is C8H13N3S. The van der Waals surface area contributed by atoms with Gasteiger partial charge in [0.1, 0.15) is 0 Å². The van der Waals surface area contributed by atoms with Gasteiger partial charge in [0.25, 0.3) is 0 Å². The lowest BCUT2D eigenvalue weighted by Gasteiger charge is -2.12. The fourth-order valence-electron chi connectivity index (χ4n) is 1.54. The predicted molar refractivity (Wildman–Crippen MR) is 51.0 cm³/mol. The van der Waals surface area contributed by atoms with Crippen LogP contribution in [0.5, 0.6) is 0 Å². The van der Waals surface area contributed by atoms with Gasteiger partial charge in [0, 0.05) is 6.54 Å². The van der Waals surface area contributed by atoms with Crippen molar-refractivity contribution < 1.29 is 0 Å². The molecule has 1 aromatic heterocycles. The quantitative estimate of drug-likeness (QED) is 0.752. The van der Waals surface area contributed by atoms with Gasteiger partial charge in [-0.05, 0) is 37.5 Å². The van der Waals surface area contributed by atoms with Crippen molar-refractivity contribution in [1.82, 2.24) is 9.27 Å². The zero-order valence-corrected chi connectivity index (χ0v) is 7.81. The third-order valence-electron chi connectivity index (χ3n) is 2.24. The predicted octanol–water partition coefficient (Wildman–Crippen LogP) is 1.32. The molecule has 4 heteroatoms. The highest BCUT2D eigenvalue weighted by Crippen LogP contribution is 2.20. The van der Waals surface area contributed by atoms with E-state index in [4.69, 9.17) is 5.73 Å². The van der Waals surface area contributed by atoms with Crippen molar-refractivity contribution in [3.8, 4) is 0 Å². The summed E-state index contributed by atoms with van der Waals surface area (Å²) in [5, 5.41) is 0. The summed E-state index contributed by atoms with van der Waals surface area (Å²) < 4.78 is 4.05. The summed E-state index contributed by atoms with van der Waals surface area (Å²) >= 11 is 1.52. The fourth-order valence-corrected chi connectivity index (χ4v) is 2.23. The standard InChI is InChI=1S/C8H13N3S/c9-7-5-10-12-8(7)6-11-3-1-2-4-11/h5H,1-4,6,9H2. The number of nitrogen functional groups attached to an aromatic ring is 1. The smallest absolute Gasteiger partial charge is 0.0672 e. The van der Waals surface area contributed by atoms with Crippen LogP contribution < -0.4 is 5.73 Å². The van der Waals surface area contributed by atoms with Crippen molar-refractivity contribution in [2.45, 2.75) is 19.4 Å². The van der Waals surface area contributed by atoms with E-state index in [1.54, 1.807) is 6.20 Å². The van der Waals surface area contributed by atoms with E-state index in [1.807, 2.05) is 0 Å². The van der Waals surface area contributed by atoms with Gasteiger partial charge in [0.2, 0.25) is 0 Å². The molecule has 2 N–H and O–H groups in total. The van der Waals surface area contributed by atoms with Gasteiger partial charge in [0.15, 0.2) is 0 Å². The second kappa shape index (κ2) is 3.41. The van der Waals surface area contributed by atoms with E-state index in [2.05, 4.69) is 9.27 Å². The van der Waals surface area contributed by atoms with Crippen molar-refractivity contribution >= 4 is 17.2 Å². The Morgan fingerprint density at radius 1 is 1.50 bits per heavy atom. The molecule has 1 fully saturated rings. The first-order valence-electron chi connectivity index (χ1n) is 4.27. The molecule has 0 aliphatic carbocycles. The third kappa shape index (κ3) is 1.59. The van der Waals surface area contributed by atoms with E-state index >= 15 is 0 Å². The average molecular weight is 183 g/mol. The minimum absolute atomic E-state index is 0.854. The number of rotatable bonds is 2. The molecule has 1 saturated heterocycles. The molecule has 1 aliphatic rings. The van der Waals surface area contributed by atoms with Gasteiger partial charge in [0.05, 0.1) is 16.8 Å². The topological polar surface area (TPSA) is 42.1 Å². The lowest BCUT2D eigenvalue weighted by molar-refractivity contribution is 0.335. The van der Waals surface area contributed by atoms with Crippen LogP contribution in [0.1, 0.15) is 17.7 Å². The Balaban J connectivity index is 1.98. The number of nitrogens with zero attached hydrogens (tertiary/aromatic N) is 2. The summed E-state index contributed by atoms with van der Waals surface area (Å²) in [5.41, 5.74) is 6.59. The molecule has 0 bridgehead atoms. The Morgan fingerprint density at radius 3 is 2.83 bits per heavy atom. The highest BCUT2D eigenvalue weighted by atomic mass is 32.1. The van der Waals surface area contributed by atoms with Gasteiger partial charge in [-0.25, -0.2) is 0 Å². The zero-order chi connectivity index (χ0) is 8.39. The van der Waals surface area contributed by atoms with Crippen LogP contribution in [0.15, 0.2) is 6.20 Å². The van der Waals surface area contributed by atoms with Crippen molar-refractivity contribution in [2.75, 3.05) is 18.8 Å². The average Bonchev–Trinajstić information content (AvgIpc) is 2.65. The SMILES string of the molecule is Nc1cnsc1CN1CCCC1. The van der Waals surface area contributed by atoms with Gasteiger partial charge < -0.3 is 5.73 Å². The van der Waals surface area contributed by atoms with Crippen LogP contribution in [-0.2, 0) is 6.54 Å². The van der Waals surface area contributed by atoms with Gasteiger partial charge in [-0.15, -0.1) is 0 Å². The van der Waals surface area contributed by atoms with Crippen LogP contribution >= 0.6 is 11.5 Å². The number of likely N-dealkylation sites (tertiary alicyclic amines) is 1. The first-order chi connectivity index (χ1) is 5.86. The van der Waals surface area contributed by atoms with Crippen LogP contribution in [0.4, 0.5) is 5.69 Å². The highest BCUT2D eigenvalue weighted by Gasteiger charge is 2.13. The maximum atomic E-state index is 5.74. The van der Waals surface area contributed by atoms with E-state index in [0.29, 0.717) is 0 Å². The van der Waals surface area contributed by atoms with Gasteiger partial charge in [-0.2, -0.15) is 4.37 Å². The lowest BCUT2D eigenvalue weighted by atomic mass is 10.4. The Hall–Kier alpha value is -0.610. The second-order valence-corrected chi connectivity index (χ2v) is 4.07. The van der Waals surface area contributed by atoms with Crippen LogP contribution in [0.25, 0.3) is 0 Å². The number of hydrogen-bond donors (Lipinski definition) is 1. The van der Waals surface area contributed by atoms with Crippen molar-refractivity contribution in [3.05, 3.63) is 11.1 Å². The number of hydrogen-bond acceptors (Lipinski definition) is 4. The summed E-state index contributed by atoms with van der Waals surface area (Å²) in [6.07, 6.45) is 4.41. The van der Waals surface area contributed by atoms with E-state index in [9.17, 15) is 0 Å². The lowest BCUT2D eigenvalue weighted by Crippen LogP contribution is -2.18. The Labute approximate surface area is 76.4 Å². The van der Waals surface area contributed by atoms with Gasteiger partial charge in [-0.1, -0.05) is 0 Å². The number of anilines is 1. The molecule has 0 unspecified atom stereocenters. The molecule has 0 spiro atoms. The molecule has 66 valence electrons. The van der Waals surface area contributed by atoms with E-state index in [-0.39, 0.29) is 0 Å². The van der Waals surface area contributed by atoms with Crippen LogP contribution in [0.2, 0.25) is 0 Å². The van der Waals surface area contributed by atoms with E-state index in [0.717, 1.165) is 12.2 Å². The Kier molecular flexibility index (Phi) is 2.28. The van der Waals surface area contributed by atoms with Crippen molar-refractivity contribution in [2.24, 2.45) is 0 Å². The first kappa shape index (κ1) is 8.01. The Bertz CT molecular complexity index is 253. The molecule has 3 nitrogen and oxygen atoms in total. The molecular weight excluding hydrogens is 170 g/mol. The number of aromatic nitrogens is 1. The molecule has 12 heavy (non-hydrogen) atoms. The van der Waals surface area contributed by atoms with E-state index < -0.39 is 0 Å². The summed E-state index contributed by atoms with van der Waals surface area (Å²) in [6.45, 7) is 3.44. The number of nitrogens with two attached hydrogens (primary N) is 1. The van der Waals surface area contributed by atoms with Crippen molar-refractivity contribution in [3.63, 3.8) is 0 Å². The molecule has 2 rings (SSSR count). The van der Waals surface area contributed by atoms with Gasteiger partial charge >= 0.3 is 0 Å². The normalized spacial score (nSPS) is 18.7. The van der Waals surface area contributed by atoms with Crippen molar-refractivity contribution in [1.29, 1.82) is 0 Å². The summed E-state index contributed by atoms with van der Waals surface area (Å²) in [4.78, 5) is 3.65. The third-order valence-corrected chi connectivity index (χ3v) is 3.04. The first-order valence-corrected chi connectivity index (χ1v) is 5.05. The molecule has 0 aromatic carbocycles. The van der Waals surface area contributed by atoms with Crippen LogP contribution in [0.3, 0.4) is 0 Å². The largest absolute Gasteiger partial charge is 0.396 e. The molecule has 2 heterocycles. The second-order valence-electron chi connectivity index (χ2n) is 3.19. The maximum Gasteiger partial charge on any atom is 0.0672 e. The van der Waals surface area contributed by atoms with Gasteiger partial charge in [-0.3, -0.25) is 4.90 Å². The maximum absolute atomic E-state index is 5.74. The highest BCUT2D eigenvalue weighted by molar-refractivity contribution is 7.06. The monoisotopic (exact) mass is 183 g/mol. The molecule has 0 atom stereocenters. The minimum atomic E-state index is 0.854. The molecule has 0 amide bonds. The fraction of sp³-hybridized carbons (Fsp3) is 0.625. The van der Waals surface area contributed by atoms with Crippen LogP contribution in [-0.4, -0.2) is 22.4 Å². The Morgan fingerprint density at radius 2 is 2.25 bits per heavy atom. The van der Waals surface area contributed by atoms with E-state index in [1.165, 1.54) is 42.3 Å². The molecule has 0 radical (unpaired) electrons. The summed E-state index contributed by atoms with van der Waals surface area (Å²) in [6, 6.07) is 0. The summed E-state index contributed by atoms with van der Waals surface area (Å²) in [7, 11) is 0. The molecule has 1 aliphatic heterocycles. The summed E-state index contributed by atoms with van der Waals surface area (Å²) in [5.74, 6) is 0. The minimum Gasteiger partial charge on any atom is -0.396 e. The molecule has 1 aromatic rings. The van der Waals surface area contributed by atoms with Crippen LogP contribution in [0, 0.1) is 0 Å². The zero-order valence-electron chi connectivity index (χ0n) is 6.99. The molecule has 0 saturated carbocycles.